The molecule has 0 radical (unpaired) electrons. The number of rotatable bonds is 5. The fourth-order valence-electron chi connectivity index (χ4n) is 1.31. The summed E-state index contributed by atoms with van der Waals surface area (Å²) in [4.78, 5) is 2.02. The monoisotopic (exact) mass is 241 g/mol. The Morgan fingerprint density at radius 3 is 2.56 bits per heavy atom. The molecule has 0 bridgehead atoms. The second-order valence-electron chi connectivity index (χ2n) is 3.97. The summed E-state index contributed by atoms with van der Waals surface area (Å²) < 4.78 is 5.63. The van der Waals surface area contributed by atoms with E-state index in [1.54, 1.807) is 0 Å². The Bertz CT molecular complexity index is 491. The molecule has 0 saturated carbocycles. The highest BCUT2D eigenvalue weighted by atomic mass is 16.5. The molecule has 1 aromatic rings. The molecule has 0 aromatic heterocycles. The lowest BCUT2D eigenvalue weighted by Crippen LogP contribution is -2.19. The number of para-hydroxylation sites is 1. The van der Waals surface area contributed by atoms with Gasteiger partial charge in [-0.15, -0.1) is 0 Å². The maximum Gasteiger partial charge on any atom is 0.130 e. The van der Waals surface area contributed by atoms with Gasteiger partial charge in [-0.2, -0.15) is 10.5 Å². The minimum atomic E-state index is 0.0682. The minimum absolute atomic E-state index is 0.0682. The fraction of sp³-hybridized carbons (Fsp3) is 0.286. The van der Waals surface area contributed by atoms with Gasteiger partial charge in [0.15, 0.2) is 0 Å². The van der Waals surface area contributed by atoms with Gasteiger partial charge in [0.05, 0.1) is 0 Å². The molecule has 0 fully saturated rings. The average molecular weight is 241 g/mol. The lowest BCUT2D eigenvalue weighted by molar-refractivity contribution is 0.261. The van der Waals surface area contributed by atoms with E-state index in [4.69, 9.17) is 15.3 Å². The van der Waals surface area contributed by atoms with Crippen LogP contribution in [0, 0.1) is 22.7 Å². The summed E-state index contributed by atoms with van der Waals surface area (Å²) in [6, 6.07) is 11.0. The Morgan fingerprint density at radius 2 is 1.94 bits per heavy atom. The molecule has 0 saturated heterocycles. The number of nitriles is 2. The second kappa shape index (κ2) is 7.11. The van der Waals surface area contributed by atoms with Gasteiger partial charge in [-0.05, 0) is 26.2 Å². The summed E-state index contributed by atoms with van der Waals surface area (Å²) in [5, 5.41) is 17.5. The molecule has 92 valence electrons. The Labute approximate surface area is 107 Å². The van der Waals surface area contributed by atoms with E-state index < -0.39 is 0 Å². The number of likely N-dealkylation sites (N-methyl/N-ethyl adjacent to an activating group) is 1. The van der Waals surface area contributed by atoms with Crippen molar-refractivity contribution < 1.29 is 4.74 Å². The van der Waals surface area contributed by atoms with Crippen LogP contribution < -0.4 is 4.74 Å². The highest BCUT2D eigenvalue weighted by molar-refractivity contribution is 5.66. The number of hydrogen-bond acceptors (Lipinski definition) is 4. The van der Waals surface area contributed by atoms with Crippen molar-refractivity contribution in [1.29, 1.82) is 10.5 Å². The van der Waals surface area contributed by atoms with E-state index in [2.05, 4.69) is 0 Å². The van der Waals surface area contributed by atoms with E-state index in [0.29, 0.717) is 12.4 Å². The van der Waals surface area contributed by atoms with Gasteiger partial charge in [0.2, 0.25) is 0 Å². The zero-order chi connectivity index (χ0) is 13.4. The van der Waals surface area contributed by atoms with Crippen LogP contribution in [0.4, 0.5) is 0 Å². The first kappa shape index (κ1) is 13.8. The molecule has 4 nitrogen and oxygen atoms in total. The van der Waals surface area contributed by atoms with E-state index in [0.717, 1.165) is 12.1 Å². The lowest BCUT2D eigenvalue weighted by Gasteiger charge is -2.12. The van der Waals surface area contributed by atoms with Gasteiger partial charge >= 0.3 is 0 Å². The lowest BCUT2D eigenvalue weighted by atomic mass is 10.1. The van der Waals surface area contributed by atoms with Crippen molar-refractivity contribution in [2.45, 2.75) is 0 Å². The van der Waals surface area contributed by atoms with Crippen LogP contribution in [0.25, 0.3) is 6.08 Å². The molecular weight excluding hydrogens is 226 g/mol. The van der Waals surface area contributed by atoms with Crippen LogP contribution in [0.5, 0.6) is 5.75 Å². The van der Waals surface area contributed by atoms with Gasteiger partial charge in [-0.25, -0.2) is 0 Å². The first-order valence-corrected chi connectivity index (χ1v) is 5.56. The molecule has 0 aliphatic rings. The van der Waals surface area contributed by atoms with Crippen LogP contribution in [0.2, 0.25) is 0 Å². The van der Waals surface area contributed by atoms with Crippen LogP contribution in [0.3, 0.4) is 0 Å². The van der Waals surface area contributed by atoms with Crippen molar-refractivity contribution in [1.82, 2.24) is 4.90 Å². The Kier molecular flexibility index (Phi) is 5.44. The third-order valence-corrected chi connectivity index (χ3v) is 2.26. The molecule has 0 spiro atoms. The molecule has 4 heteroatoms. The predicted molar refractivity (Wildman–Crippen MR) is 69.7 cm³/mol. The first-order chi connectivity index (χ1) is 8.67. The number of ether oxygens (including phenoxy) is 1. The molecule has 0 N–H and O–H groups in total. The SMILES string of the molecule is CN(C)CCOc1ccccc1C=C(C#N)C#N. The van der Waals surface area contributed by atoms with Gasteiger partial charge in [0, 0.05) is 12.1 Å². The number of benzene rings is 1. The van der Waals surface area contributed by atoms with Crippen LogP contribution >= 0.6 is 0 Å². The third kappa shape index (κ3) is 4.29. The fourth-order valence-corrected chi connectivity index (χ4v) is 1.31. The maximum atomic E-state index is 8.74. The molecule has 1 aromatic carbocycles. The van der Waals surface area contributed by atoms with Crippen molar-refractivity contribution in [3.05, 3.63) is 35.4 Å². The van der Waals surface area contributed by atoms with Crippen molar-refractivity contribution in [3.8, 4) is 17.9 Å². The van der Waals surface area contributed by atoms with Crippen LogP contribution in [0.15, 0.2) is 29.8 Å². The topological polar surface area (TPSA) is 60.0 Å². The van der Waals surface area contributed by atoms with E-state index in [1.807, 2.05) is 55.4 Å². The van der Waals surface area contributed by atoms with Crippen molar-refractivity contribution in [2.75, 3.05) is 27.2 Å². The Hall–Kier alpha value is -2.30. The first-order valence-electron chi connectivity index (χ1n) is 5.56. The molecule has 18 heavy (non-hydrogen) atoms. The van der Waals surface area contributed by atoms with Crippen LogP contribution in [-0.4, -0.2) is 32.1 Å². The van der Waals surface area contributed by atoms with E-state index in [9.17, 15) is 0 Å². The quantitative estimate of drug-likeness (QED) is 0.740. The van der Waals surface area contributed by atoms with E-state index in [1.165, 1.54) is 6.08 Å². The second-order valence-corrected chi connectivity index (χ2v) is 3.97. The summed E-state index contributed by atoms with van der Waals surface area (Å²) in [6.45, 7) is 1.37. The largest absolute Gasteiger partial charge is 0.492 e. The van der Waals surface area contributed by atoms with Crippen LogP contribution in [0.1, 0.15) is 5.56 Å². The van der Waals surface area contributed by atoms with Crippen molar-refractivity contribution in [3.63, 3.8) is 0 Å². The molecule has 0 aliphatic carbocycles. The molecule has 0 atom stereocenters. The predicted octanol–water partition coefficient (Wildman–Crippen LogP) is 2.06. The van der Waals surface area contributed by atoms with E-state index in [-0.39, 0.29) is 5.57 Å². The summed E-state index contributed by atoms with van der Waals surface area (Å²) in [5.74, 6) is 0.683. The summed E-state index contributed by atoms with van der Waals surface area (Å²) in [6.07, 6.45) is 1.53. The van der Waals surface area contributed by atoms with Crippen LogP contribution in [-0.2, 0) is 0 Å². The summed E-state index contributed by atoms with van der Waals surface area (Å²) >= 11 is 0. The number of allylic oxidation sites excluding steroid dienone is 1. The van der Waals surface area contributed by atoms with Gasteiger partial charge in [-0.1, -0.05) is 18.2 Å². The Balaban J connectivity index is 2.84. The van der Waals surface area contributed by atoms with E-state index >= 15 is 0 Å². The maximum absolute atomic E-state index is 8.74. The zero-order valence-electron chi connectivity index (χ0n) is 10.6. The number of nitrogens with zero attached hydrogens (tertiary/aromatic N) is 3. The van der Waals surface area contributed by atoms with Gasteiger partial charge < -0.3 is 9.64 Å². The molecule has 0 amide bonds. The van der Waals surface area contributed by atoms with Crippen molar-refractivity contribution >= 4 is 6.08 Å². The minimum Gasteiger partial charge on any atom is -0.492 e. The molecule has 1 rings (SSSR count). The highest BCUT2D eigenvalue weighted by Gasteiger charge is 2.02. The molecule has 0 heterocycles. The zero-order valence-corrected chi connectivity index (χ0v) is 10.6. The van der Waals surface area contributed by atoms with Gasteiger partial charge in [-0.3, -0.25) is 0 Å². The number of hydrogen-bond donors (Lipinski definition) is 0. The third-order valence-electron chi connectivity index (χ3n) is 2.26. The summed E-state index contributed by atoms with van der Waals surface area (Å²) in [5.41, 5.74) is 0.813. The molecule has 0 aliphatic heterocycles. The molecular formula is C14H15N3O. The van der Waals surface area contributed by atoms with Gasteiger partial charge in [0.1, 0.15) is 30.1 Å². The van der Waals surface area contributed by atoms with Crippen molar-refractivity contribution in [2.24, 2.45) is 0 Å². The highest BCUT2D eigenvalue weighted by Crippen LogP contribution is 2.20. The smallest absolute Gasteiger partial charge is 0.130 e. The summed E-state index contributed by atoms with van der Waals surface area (Å²) in [7, 11) is 3.94. The average Bonchev–Trinajstić information content (AvgIpc) is 2.37. The standard InChI is InChI=1S/C14H15N3O/c1-17(2)7-8-18-14-6-4-3-5-13(14)9-12(10-15)11-16/h3-6,9H,7-8H2,1-2H3. The van der Waals surface area contributed by atoms with Gasteiger partial charge in [0.25, 0.3) is 0 Å². The Morgan fingerprint density at radius 1 is 1.28 bits per heavy atom. The normalized spacial score (nSPS) is 9.39. The molecule has 0 unspecified atom stereocenters.